The van der Waals surface area contributed by atoms with Crippen LogP contribution in [0.15, 0.2) is 36.4 Å². The zero-order valence-electron chi connectivity index (χ0n) is 11.8. The molecule has 0 fully saturated rings. The molecule has 1 aliphatic rings. The summed E-state index contributed by atoms with van der Waals surface area (Å²) in [5, 5.41) is 0.774. The molecule has 0 aliphatic carbocycles. The Balaban J connectivity index is 1.84. The van der Waals surface area contributed by atoms with E-state index >= 15 is 0 Å². The van der Waals surface area contributed by atoms with Crippen LogP contribution in [0, 0.1) is 6.92 Å². The molecule has 1 aliphatic heterocycles. The first kappa shape index (κ1) is 12.7. The van der Waals surface area contributed by atoms with E-state index < -0.39 is 0 Å². The third-order valence-corrected chi connectivity index (χ3v) is 4.22. The van der Waals surface area contributed by atoms with E-state index in [2.05, 4.69) is 15.6 Å². The van der Waals surface area contributed by atoms with Crippen molar-refractivity contribution in [1.82, 2.24) is 9.55 Å². The zero-order valence-corrected chi connectivity index (χ0v) is 12.5. The summed E-state index contributed by atoms with van der Waals surface area (Å²) in [7, 11) is 0. The molecule has 3 nitrogen and oxygen atoms in total. The number of ether oxygens (including phenoxy) is 1. The molecule has 0 unspecified atom stereocenters. The van der Waals surface area contributed by atoms with Crippen LogP contribution in [0.4, 0.5) is 0 Å². The monoisotopic (exact) mass is 298 g/mol. The highest BCUT2D eigenvalue weighted by Crippen LogP contribution is 2.34. The molecule has 2 aromatic carbocycles. The summed E-state index contributed by atoms with van der Waals surface area (Å²) < 4.78 is 8.00. The minimum Gasteiger partial charge on any atom is -0.493 e. The van der Waals surface area contributed by atoms with Crippen LogP contribution in [-0.2, 0) is 13.0 Å². The number of rotatable bonds is 2. The molecule has 4 rings (SSSR count). The Labute approximate surface area is 128 Å². The molecule has 0 radical (unpaired) electrons. The normalized spacial score (nSPS) is 13.4. The van der Waals surface area contributed by atoms with E-state index in [-0.39, 0.29) is 0 Å². The second-order valence-electron chi connectivity index (χ2n) is 5.39. The van der Waals surface area contributed by atoms with E-state index in [0.29, 0.717) is 0 Å². The number of halogens is 1. The summed E-state index contributed by atoms with van der Waals surface area (Å²) in [5.74, 6) is 2.00. The van der Waals surface area contributed by atoms with E-state index in [1.54, 1.807) is 0 Å². The van der Waals surface area contributed by atoms with Crippen molar-refractivity contribution < 1.29 is 4.74 Å². The number of aromatic nitrogens is 2. The second kappa shape index (κ2) is 4.78. The van der Waals surface area contributed by atoms with E-state index in [9.17, 15) is 0 Å². The van der Waals surface area contributed by atoms with Crippen molar-refractivity contribution in [3.8, 4) is 5.75 Å². The molecule has 4 heteroatoms. The summed E-state index contributed by atoms with van der Waals surface area (Å²) in [5.41, 5.74) is 4.50. The second-order valence-corrected chi connectivity index (χ2v) is 5.82. The quantitative estimate of drug-likeness (QED) is 0.715. The summed E-state index contributed by atoms with van der Waals surface area (Å²) in [6.45, 7) is 3.51. The van der Waals surface area contributed by atoms with Crippen LogP contribution in [0.1, 0.15) is 17.0 Å². The van der Waals surface area contributed by atoms with Crippen LogP contribution in [0.25, 0.3) is 11.0 Å². The van der Waals surface area contributed by atoms with E-state index in [4.69, 9.17) is 16.3 Å². The lowest BCUT2D eigenvalue weighted by Crippen LogP contribution is -2.03. The van der Waals surface area contributed by atoms with Crippen molar-refractivity contribution in [2.24, 2.45) is 0 Å². The van der Waals surface area contributed by atoms with Crippen LogP contribution in [-0.4, -0.2) is 16.2 Å². The van der Waals surface area contributed by atoms with Gasteiger partial charge in [0.1, 0.15) is 11.6 Å². The Hall–Kier alpha value is -2.00. The number of imidazole rings is 1. The lowest BCUT2D eigenvalue weighted by atomic mass is 10.1. The highest BCUT2D eigenvalue weighted by molar-refractivity contribution is 6.30. The smallest absolute Gasteiger partial charge is 0.127 e. The van der Waals surface area contributed by atoms with Gasteiger partial charge in [-0.3, -0.25) is 0 Å². The number of fused-ring (bicyclic) bond motifs is 2. The van der Waals surface area contributed by atoms with Crippen molar-refractivity contribution in [3.05, 3.63) is 58.4 Å². The van der Waals surface area contributed by atoms with Gasteiger partial charge in [0, 0.05) is 17.0 Å². The molecule has 0 saturated carbocycles. The number of aryl methyl sites for hydroxylation is 1. The van der Waals surface area contributed by atoms with E-state index in [1.165, 1.54) is 5.56 Å². The highest BCUT2D eigenvalue weighted by Gasteiger charge is 2.19. The predicted molar refractivity (Wildman–Crippen MR) is 84.2 cm³/mol. The number of nitrogens with zero attached hydrogens (tertiary/aromatic N) is 2. The highest BCUT2D eigenvalue weighted by atomic mass is 35.5. The standard InChI is InChI=1S/C17H15ClN2O/c1-11-19-15-4-2-3-5-16(15)20(11)10-13-9-14(18)8-12-6-7-21-17(12)13/h2-5,8-9H,6-7,10H2,1H3. The Morgan fingerprint density at radius 1 is 1.29 bits per heavy atom. The fraction of sp³-hybridized carbons (Fsp3) is 0.235. The fourth-order valence-electron chi connectivity index (χ4n) is 3.03. The molecule has 3 aromatic rings. The van der Waals surface area contributed by atoms with Gasteiger partial charge in [0.2, 0.25) is 0 Å². The van der Waals surface area contributed by atoms with Crippen molar-refractivity contribution in [3.63, 3.8) is 0 Å². The molecule has 0 amide bonds. The largest absolute Gasteiger partial charge is 0.493 e. The maximum absolute atomic E-state index is 6.25. The van der Waals surface area contributed by atoms with Gasteiger partial charge in [0.25, 0.3) is 0 Å². The molecule has 21 heavy (non-hydrogen) atoms. The summed E-state index contributed by atoms with van der Waals surface area (Å²) in [6, 6.07) is 12.2. The molecule has 1 aromatic heterocycles. The minimum absolute atomic E-state index is 0.731. The minimum atomic E-state index is 0.731. The van der Waals surface area contributed by atoms with Gasteiger partial charge in [-0.05, 0) is 36.8 Å². The van der Waals surface area contributed by atoms with Crippen molar-refractivity contribution in [1.29, 1.82) is 0 Å². The Morgan fingerprint density at radius 2 is 2.14 bits per heavy atom. The molecular formula is C17H15ClN2O. The third-order valence-electron chi connectivity index (χ3n) is 4.00. The number of para-hydroxylation sites is 2. The molecule has 0 N–H and O–H groups in total. The molecule has 0 saturated heterocycles. The number of hydrogen-bond donors (Lipinski definition) is 0. The molecule has 2 heterocycles. The number of hydrogen-bond acceptors (Lipinski definition) is 2. The summed E-state index contributed by atoms with van der Waals surface area (Å²) in [6.07, 6.45) is 0.937. The topological polar surface area (TPSA) is 27.1 Å². The average molecular weight is 299 g/mol. The van der Waals surface area contributed by atoms with Gasteiger partial charge in [-0.2, -0.15) is 0 Å². The van der Waals surface area contributed by atoms with Crippen LogP contribution >= 0.6 is 11.6 Å². The fourth-order valence-corrected chi connectivity index (χ4v) is 3.29. The van der Waals surface area contributed by atoms with Gasteiger partial charge in [-0.15, -0.1) is 0 Å². The maximum Gasteiger partial charge on any atom is 0.127 e. The lowest BCUT2D eigenvalue weighted by Gasteiger charge is -2.12. The van der Waals surface area contributed by atoms with Gasteiger partial charge in [0.15, 0.2) is 0 Å². The van der Waals surface area contributed by atoms with E-state index in [0.717, 1.165) is 52.8 Å². The van der Waals surface area contributed by atoms with Gasteiger partial charge >= 0.3 is 0 Å². The molecule has 0 bridgehead atoms. The number of benzene rings is 2. The predicted octanol–water partition coefficient (Wildman–Crippen LogP) is 3.98. The Bertz CT molecular complexity index is 838. The molecule has 0 atom stereocenters. The van der Waals surface area contributed by atoms with Gasteiger partial charge in [-0.25, -0.2) is 4.98 Å². The summed E-state index contributed by atoms with van der Waals surface area (Å²) in [4.78, 5) is 4.61. The summed E-state index contributed by atoms with van der Waals surface area (Å²) >= 11 is 6.25. The first-order chi connectivity index (χ1) is 10.2. The average Bonchev–Trinajstić information content (AvgIpc) is 3.04. The van der Waals surface area contributed by atoms with E-state index in [1.807, 2.05) is 37.3 Å². The molecular weight excluding hydrogens is 284 g/mol. The lowest BCUT2D eigenvalue weighted by molar-refractivity contribution is 0.352. The van der Waals surface area contributed by atoms with Crippen LogP contribution in [0.2, 0.25) is 5.02 Å². The van der Waals surface area contributed by atoms with Gasteiger partial charge < -0.3 is 9.30 Å². The molecule has 0 spiro atoms. The molecule has 106 valence electrons. The van der Waals surface area contributed by atoms with Gasteiger partial charge in [-0.1, -0.05) is 23.7 Å². The van der Waals surface area contributed by atoms with Crippen LogP contribution in [0.5, 0.6) is 5.75 Å². The van der Waals surface area contributed by atoms with Crippen molar-refractivity contribution in [2.45, 2.75) is 19.9 Å². The van der Waals surface area contributed by atoms with Gasteiger partial charge in [0.05, 0.1) is 24.2 Å². The van der Waals surface area contributed by atoms with Crippen LogP contribution in [0.3, 0.4) is 0 Å². The van der Waals surface area contributed by atoms with Crippen molar-refractivity contribution >= 4 is 22.6 Å². The Kier molecular flexibility index (Phi) is 2.89. The van der Waals surface area contributed by atoms with Crippen LogP contribution < -0.4 is 4.74 Å². The first-order valence-electron chi connectivity index (χ1n) is 7.08. The third kappa shape index (κ3) is 2.09. The zero-order chi connectivity index (χ0) is 14.4. The first-order valence-corrected chi connectivity index (χ1v) is 7.46. The maximum atomic E-state index is 6.25. The SMILES string of the molecule is Cc1nc2ccccc2n1Cc1cc(Cl)cc2c1OCC2. The Morgan fingerprint density at radius 3 is 3.05 bits per heavy atom. The van der Waals surface area contributed by atoms with Crippen molar-refractivity contribution in [2.75, 3.05) is 6.61 Å².